The number of Topliss-reactive ketones (excluding diaryl/α,β-unsaturated/α-hetero) is 1. The molecule has 0 spiro atoms. The van der Waals surface area contributed by atoms with Gasteiger partial charge in [0.2, 0.25) is 0 Å². The van der Waals surface area contributed by atoms with Gasteiger partial charge in [-0.15, -0.1) is 0 Å². The number of ether oxygens (including phenoxy) is 2. The van der Waals surface area contributed by atoms with Gasteiger partial charge in [-0.2, -0.15) is 0 Å². The Labute approximate surface area is 113 Å². The molecule has 0 bridgehead atoms. The Bertz CT molecular complexity index is 363. The molecule has 1 N–H and O–H groups in total. The standard InChI is InChI=1S/C14H22O5/c1-14(2)18-8-9(19-14)4-3-5-10-11(13(16)17)6-7-12(10)15/h9-11H,3-8H2,1-2H3,(H,16,17)/t9?,10-,11?/m0/s1. The zero-order valence-corrected chi connectivity index (χ0v) is 11.6. The van der Waals surface area contributed by atoms with Crippen LogP contribution in [0.4, 0.5) is 0 Å². The van der Waals surface area contributed by atoms with Crippen LogP contribution >= 0.6 is 0 Å². The van der Waals surface area contributed by atoms with Gasteiger partial charge in [0, 0.05) is 12.3 Å². The van der Waals surface area contributed by atoms with Crippen LogP contribution in [0.2, 0.25) is 0 Å². The Morgan fingerprint density at radius 1 is 1.42 bits per heavy atom. The van der Waals surface area contributed by atoms with E-state index in [1.165, 1.54) is 0 Å². The summed E-state index contributed by atoms with van der Waals surface area (Å²) in [7, 11) is 0. The highest BCUT2D eigenvalue weighted by Gasteiger charge is 2.39. The average molecular weight is 270 g/mol. The molecule has 0 amide bonds. The van der Waals surface area contributed by atoms with Crippen molar-refractivity contribution in [3.05, 3.63) is 0 Å². The van der Waals surface area contributed by atoms with E-state index in [1.54, 1.807) is 0 Å². The van der Waals surface area contributed by atoms with Crippen molar-refractivity contribution in [1.29, 1.82) is 0 Å². The van der Waals surface area contributed by atoms with Gasteiger partial charge in [-0.1, -0.05) is 6.42 Å². The fourth-order valence-corrected chi connectivity index (χ4v) is 3.04. The smallest absolute Gasteiger partial charge is 0.307 e. The molecule has 19 heavy (non-hydrogen) atoms. The lowest BCUT2D eigenvalue weighted by atomic mass is 9.90. The fourth-order valence-electron chi connectivity index (χ4n) is 3.04. The summed E-state index contributed by atoms with van der Waals surface area (Å²) in [5.74, 6) is -2.02. The van der Waals surface area contributed by atoms with E-state index in [-0.39, 0.29) is 17.8 Å². The van der Waals surface area contributed by atoms with Crippen LogP contribution in [-0.4, -0.2) is 35.4 Å². The van der Waals surface area contributed by atoms with E-state index < -0.39 is 17.7 Å². The molecule has 0 aromatic heterocycles. The third-order valence-electron chi connectivity index (χ3n) is 4.03. The minimum absolute atomic E-state index is 0.0646. The van der Waals surface area contributed by atoms with E-state index in [1.807, 2.05) is 13.8 Å². The van der Waals surface area contributed by atoms with E-state index >= 15 is 0 Å². The van der Waals surface area contributed by atoms with Gasteiger partial charge in [-0.05, 0) is 33.1 Å². The van der Waals surface area contributed by atoms with Crippen LogP contribution in [-0.2, 0) is 19.1 Å². The molecule has 2 fully saturated rings. The van der Waals surface area contributed by atoms with Crippen LogP contribution in [0.3, 0.4) is 0 Å². The quantitative estimate of drug-likeness (QED) is 0.827. The first-order valence-corrected chi connectivity index (χ1v) is 6.96. The number of carbonyl (C=O) groups excluding carboxylic acids is 1. The SMILES string of the molecule is CC1(C)OCC(CCC[C@@H]2C(=O)CCC2C(=O)O)O1. The molecule has 2 unspecified atom stereocenters. The highest BCUT2D eigenvalue weighted by molar-refractivity contribution is 5.89. The van der Waals surface area contributed by atoms with Crippen LogP contribution < -0.4 is 0 Å². The molecule has 1 heterocycles. The van der Waals surface area contributed by atoms with Crippen LogP contribution in [0.15, 0.2) is 0 Å². The van der Waals surface area contributed by atoms with Gasteiger partial charge >= 0.3 is 5.97 Å². The van der Waals surface area contributed by atoms with Crippen molar-refractivity contribution in [2.75, 3.05) is 6.61 Å². The highest BCUT2D eigenvalue weighted by Crippen LogP contribution is 2.33. The van der Waals surface area contributed by atoms with Crippen molar-refractivity contribution in [2.24, 2.45) is 11.8 Å². The molecule has 1 aliphatic carbocycles. The van der Waals surface area contributed by atoms with Gasteiger partial charge < -0.3 is 14.6 Å². The minimum Gasteiger partial charge on any atom is -0.481 e. The molecule has 1 aliphatic heterocycles. The zero-order chi connectivity index (χ0) is 14.0. The monoisotopic (exact) mass is 270 g/mol. The predicted molar refractivity (Wildman–Crippen MR) is 67.6 cm³/mol. The summed E-state index contributed by atoms with van der Waals surface area (Å²) in [6.45, 7) is 4.34. The normalized spacial score (nSPS) is 33.8. The third-order valence-corrected chi connectivity index (χ3v) is 4.03. The van der Waals surface area contributed by atoms with Crippen molar-refractivity contribution in [1.82, 2.24) is 0 Å². The number of rotatable bonds is 5. The molecule has 2 rings (SSSR count). The average Bonchev–Trinajstić information content (AvgIpc) is 2.83. The second kappa shape index (κ2) is 5.59. The van der Waals surface area contributed by atoms with Crippen LogP contribution in [0.1, 0.15) is 46.0 Å². The number of hydrogen-bond acceptors (Lipinski definition) is 4. The molecule has 0 radical (unpaired) electrons. The summed E-state index contributed by atoms with van der Waals surface area (Å²) in [4.78, 5) is 22.8. The number of carbonyl (C=O) groups is 2. The molecule has 1 saturated heterocycles. The van der Waals surface area contributed by atoms with Crippen LogP contribution in [0, 0.1) is 11.8 Å². The van der Waals surface area contributed by atoms with Crippen molar-refractivity contribution in [2.45, 2.75) is 57.8 Å². The number of carboxylic acid groups (broad SMARTS) is 1. The molecule has 0 aromatic carbocycles. The second-order valence-corrected chi connectivity index (χ2v) is 5.94. The Hall–Kier alpha value is -0.940. The van der Waals surface area contributed by atoms with Crippen molar-refractivity contribution < 1.29 is 24.2 Å². The minimum atomic E-state index is -0.836. The van der Waals surface area contributed by atoms with Gasteiger partial charge in [0.05, 0.1) is 18.6 Å². The topological polar surface area (TPSA) is 72.8 Å². The molecule has 1 saturated carbocycles. The number of aliphatic carboxylic acids is 1. The number of carboxylic acids is 1. The van der Waals surface area contributed by atoms with Gasteiger partial charge in [0.1, 0.15) is 5.78 Å². The van der Waals surface area contributed by atoms with Gasteiger partial charge in [0.15, 0.2) is 5.79 Å². The first-order chi connectivity index (χ1) is 8.89. The van der Waals surface area contributed by atoms with Gasteiger partial charge in [0.25, 0.3) is 0 Å². The van der Waals surface area contributed by atoms with Crippen LogP contribution in [0.25, 0.3) is 0 Å². The van der Waals surface area contributed by atoms with Gasteiger partial charge in [-0.25, -0.2) is 0 Å². The molecule has 108 valence electrons. The van der Waals surface area contributed by atoms with E-state index in [9.17, 15) is 9.59 Å². The molecule has 2 aliphatic rings. The van der Waals surface area contributed by atoms with E-state index in [0.29, 0.717) is 25.9 Å². The molecule has 0 aromatic rings. The maximum atomic E-state index is 11.7. The fraction of sp³-hybridized carbons (Fsp3) is 0.857. The van der Waals surface area contributed by atoms with E-state index in [0.717, 1.165) is 12.8 Å². The molecule has 5 heteroatoms. The highest BCUT2D eigenvalue weighted by atomic mass is 16.7. The zero-order valence-electron chi connectivity index (χ0n) is 11.6. The summed E-state index contributed by atoms with van der Waals surface area (Å²) >= 11 is 0. The Morgan fingerprint density at radius 3 is 2.74 bits per heavy atom. The lowest BCUT2D eigenvalue weighted by Crippen LogP contribution is -2.23. The lowest BCUT2D eigenvalue weighted by Gasteiger charge is -2.18. The third kappa shape index (κ3) is 3.54. The summed E-state index contributed by atoms with van der Waals surface area (Å²) in [5, 5.41) is 9.08. The maximum absolute atomic E-state index is 11.7. The molecule has 3 atom stereocenters. The lowest BCUT2D eigenvalue weighted by molar-refractivity contribution is -0.144. The summed E-state index contributed by atoms with van der Waals surface area (Å²) in [6.07, 6.45) is 3.25. The first kappa shape index (κ1) is 14.5. The van der Waals surface area contributed by atoms with Crippen LogP contribution in [0.5, 0.6) is 0 Å². The van der Waals surface area contributed by atoms with E-state index in [2.05, 4.69) is 0 Å². The summed E-state index contributed by atoms with van der Waals surface area (Å²) in [5.41, 5.74) is 0. The van der Waals surface area contributed by atoms with Gasteiger partial charge in [-0.3, -0.25) is 9.59 Å². The Balaban J connectivity index is 1.76. The summed E-state index contributed by atoms with van der Waals surface area (Å²) < 4.78 is 11.2. The van der Waals surface area contributed by atoms with Crippen molar-refractivity contribution >= 4 is 11.8 Å². The molecular formula is C14H22O5. The maximum Gasteiger partial charge on any atom is 0.307 e. The molecule has 5 nitrogen and oxygen atoms in total. The number of hydrogen-bond donors (Lipinski definition) is 1. The van der Waals surface area contributed by atoms with Crippen molar-refractivity contribution in [3.63, 3.8) is 0 Å². The number of ketones is 1. The predicted octanol–water partition coefficient (Wildman–Crippen LogP) is 1.99. The van der Waals surface area contributed by atoms with E-state index in [4.69, 9.17) is 14.6 Å². The van der Waals surface area contributed by atoms with Crippen molar-refractivity contribution in [3.8, 4) is 0 Å². The summed E-state index contributed by atoms with van der Waals surface area (Å²) in [6, 6.07) is 0. The molecular weight excluding hydrogens is 248 g/mol. The first-order valence-electron chi connectivity index (χ1n) is 6.96. The Kier molecular flexibility index (Phi) is 4.26. The Morgan fingerprint density at radius 2 is 2.16 bits per heavy atom. The second-order valence-electron chi connectivity index (χ2n) is 5.94. The largest absolute Gasteiger partial charge is 0.481 e.